The third-order valence-corrected chi connectivity index (χ3v) is 2.35. The van der Waals surface area contributed by atoms with Gasteiger partial charge in [0.2, 0.25) is 0 Å². The van der Waals surface area contributed by atoms with E-state index < -0.39 is 5.54 Å². The molecule has 1 atom stereocenters. The van der Waals surface area contributed by atoms with E-state index in [0.717, 1.165) is 19.6 Å². The summed E-state index contributed by atoms with van der Waals surface area (Å²) in [6.07, 6.45) is 4.84. The minimum atomic E-state index is -0.528. The summed E-state index contributed by atoms with van der Waals surface area (Å²) in [6, 6.07) is 2.25. The van der Waals surface area contributed by atoms with E-state index >= 15 is 0 Å². The normalized spacial score (nSPS) is 14.5. The van der Waals surface area contributed by atoms with Crippen molar-refractivity contribution in [3.63, 3.8) is 0 Å². The second-order valence-corrected chi connectivity index (χ2v) is 4.09. The zero-order chi connectivity index (χ0) is 11.6. The molecule has 0 radical (unpaired) electrons. The minimum Gasteiger partial charge on any atom is -0.378 e. The van der Waals surface area contributed by atoms with Crippen LogP contribution in [0.1, 0.15) is 46.5 Å². The molecule has 3 nitrogen and oxygen atoms in total. The minimum absolute atomic E-state index is 0.476. The Hall–Kier alpha value is -0.590. The van der Waals surface area contributed by atoms with E-state index in [9.17, 15) is 0 Å². The van der Waals surface area contributed by atoms with Crippen molar-refractivity contribution in [2.75, 3.05) is 19.8 Å². The maximum atomic E-state index is 8.96. The van der Waals surface area contributed by atoms with Gasteiger partial charge in [-0.15, -0.1) is 0 Å². The molecule has 0 aromatic heterocycles. The van der Waals surface area contributed by atoms with Crippen molar-refractivity contribution >= 4 is 0 Å². The fraction of sp³-hybridized carbons (Fsp3) is 0.917. The molecule has 0 rings (SSSR count). The van der Waals surface area contributed by atoms with Gasteiger partial charge in [-0.2, -0.15) is 5.26 Å². The van der Waals surface area contributed by atoms with Gasteiger partial charge in [0, 0.05) is 6.61 Å². The molecule has 0 fully saturated rings. The number of likely N-dealkylation sites (N-methyl/N-ethyl adjacent to an activating group) is 1. The molecule has 0 aliphatic heterocycles. The molecule has 0 aliphatic rings. The number of nitrogens with zero attached hydrogens (tertiary/aromatic N) is 1. The van der Waals surface area contributed by atoms with Gasteiger partial charge in [-0.1, -0.05) is 33.1 Å². The Bertz CT molecular complexity index is 189. The van der Waals surface area contributed by atoms with Crippen molar-refractivity contribution in [2.24, 2.45) is 0 Å². The van der Waals surface area contributed by atoms with Gasteiger partial charge in [-0.25, -0.2) is 0 Å². The van der Waals surface area contributed by atoms with Gasteiger partial charge in [0.15, 0.2) is 0 Å². The first-order valence-electron chi connectivity index (χ1n) is 5.92. The van der Waals surface area contributed by atoms with Crippen LogP contribution < -0.4 is 5.32 Å². The molecule has 0 aromatic rings. The Morgan fingerprint density at radius 1 is 1.27 bits per heavy atom. The smallest absolute Gasteiger partial charge is 0.127 e. The molecule has 1 unspecified atom stereocenters. The van der Waals surface area contributed by atoms with Crippen LogP contribution >= 0.6 is 0 Å². The van der Waals surface area contributed by atoms with Crippen LogP contribution in [-0.4, -0.2) is 25.3 Å². The summed E-state index contributed by atoms with van der Waals surface area (Å²) in [7, 11) is 0. The Morgan fingerprint density at radius 3 is 2.53 bits per heavy atom. The van der Waals surface area contributed by atoms with Gasteiger partial charge in [0.05, 0.1) is 12.7 Å². The summed E-state index contributed by atoms with van der Waals surface area (Å²) in [5.74, 6) is 0. The topological polar surface area (TPSA) is 45.0 Å². The van der Waals surface area contributed by atoms with E-state index in [2.05, 4.69) is 18.3 Å². The number of ether oxygens (including phenoxy) is 1. The lowest BCUT2D eigenvalue weighted by Crippen LogP contribution is -2.45. The number of nitrogens with one attached hydrogen (secondary N) is 1. The maximum absolute atomic E-state index is 8.96. The Labute approximate surface area is 93.8 Å². The Kier molecular flexibility index (Phi) is 8.35. The third kappa shape index (κ3) is 7.35. The lowest BCUT2D eigenvalue weighted by molar-refractivity contribution is 0.0929. The van der Waals surface area contributed by atoms with Crippen LogP contribution in [0.3, 0.4) is 0 Å². The van der Waals surface area contributed by atoms with E-state index in [1.807, 2.05) is 13.8 Å². The molecule has 0 aromatic carbocycles. The van der Waals surface area contributed by atoms with E-state index in [1.165, 1.54) is 19.3 Å². The average molecular weight is 212 g/mol. The fourth-order valence-electron chi connectivity index (χ4n) is 1.42. The molecule has 0 amide bonds. The van der Waals surface area contributed by atoms with Gasteiger partial charge in [-0.3, -0.25) is 5.32 Å². The number of hydrogen-bond acceptors (Lipinski definition) is 3. The van der Waals surface area contributed by atoms with Crippen molar-refractivity contribution in [3.05, 3.63) is 0 Å². The predicted molar refractivity (Wildman–Crippen MR) is 62.7 cm³/mol. The van der Waals surface area contributed by atoms with Crippen LogP contribution in [0.15, 0.2) is 0 Å². The summed E-state index contributed by atoms with van der Waals surface area (Å²) in [4.78, 5) is 0. The van der Waals surface area contributed by atoms with Crippen LogP contribution in [0.25, 0.3) is 0 Å². The molecule has 0 saturated carbocycles. The first kappa shape index (κ1) is 14.4. The summed E-state index contributed by atoms with van der Waals surface area (Å²) in [5, 5.41) is 12.1. The predicted octanol–water partition coefficient (Wildman–Crippen LogP) is 2.48. The first-order chi connectivity index (χ1) is 7.18. The van der Waals surface area contributed by atoms with Gasteiger partial charge in [0.1, 0.15) is 5.54 Å². The first-order valence-corrected chi connectivity index (χ1v) is 5.92. The van der Waals surface area contributed by atoms with Crippen molar-refractivity contribution < 1.29 is 4.74 Å². The van der Waals surface area contributed by atoms with Crippen LogP contribution in [-0.2, 0) is 4.74 Å². The van der Waals surface area contributed by atoms with Gasteiger partial charge < -0.3 is 4.74 Å². The third-order valence-electron chi connectivity index (χ3n) is 2.35. The van der Waals surface area contributed by atoms with Crippen LogP contribution in [0.4, 0.5) is 0 Å². The molecule has 0 bridgehead atoms. The molecule has 0 spiro atoms. The number of unbranched alkanes of at least 4 members (excludes halogenated alkanes) is 3. The van der Waals surface area contributed by atoms with Crippen molar-refractivity contribution in [1.29, 1.82) is 5.26 Å². The standard InChI is InChI=1S/C12H24N2O/c1-4-6-7-8-9-15-11-12(3,10-13)14-5-2/h14H,4-9,11H2,1-3H3. The zero-order valence-electron chi connectivity index (χ0n) is 10.3. The fourth-order valence-corrected chi connectivity index (χ4v) is 1.42. The van der Waals surface area contributed by atoms with E-state index in [4.69, 9.17) is 10.00 Å². The summed E-state index contributed by atoms with van der Waals surface area (Å²) in [5.41, 5.74) is -0.528. The summed E-state index contributed by atoms with van der Waals surface area (Å²) < 4.78 is 5.50. The van der Waals surface area contributed by atoms with E-state index in [-0.39, 0.29) is 0 Å². The van der Waals surface area contributed by atoms with Gasteiger partial charge in [0.25, 0.3) is 0 Å². The van der Waals surface area contributed by atoms with Crippen molar-refractivity contribution in [1.82, 2.24) is 5.32 Å². The lowest BCUT2D eigenvalue weighted by atomic mass is 10.1. The van der Waals surface area contributed by atoms with Crippen LogP contribution in [0.5, 0.6) is 0 Å². The molecular formula is C12H24N2O. The molecule has 0 heterocycles. The van der Waals surface area contributed by atoms with E-state index in [1.54, 1.807) is 0 Å². The van der Waals surface area contributed by atoms with Gasteiger partial charge >= 0.3 is 0 Å². The highest BCUT2D eigenvalue weighted by Crippen LogP contribution is 2.04. The molecule has 3 heteroatoms. The molecular weight excluding hydrogens is 188 g/mol. The summed E-state index contributed by atoms with van der Waals surface area (Å²) in [6.45, 7) is 8.10. The second-order valence-electron chi connectivity index (χ2n) is 4.09. The largest absolute Gasteiger partial charge is 0.378 e. The highest BCUT2D eigenvalue weighted by Gasteiger charge is 2.21. The molecule has 0 aliphatic carbocycles. The maximum Gasteiger partial charge on any atom is 0.127 e. The number of nitriles is 1. The zero-order valence-corrected chi connectivity index (χ0v) is 10.3. The number of rotatable bonds is 9. The number of hydrogen-bond donors (Lipinski definition) is 1. The van der Waals surface area contributed by atoms with Gasteiger partial charge in [-0.05, 0) is 19.9 Å². The summed E-state index contributed by atoms with van der Waals surface area (Å²) >= 11 is 0. The van der Waals surface area contributed by atoms with Crippen LogP contribution in [0.2, 0.25) is 0 Å². The monoisotopic (exact) mass is 212 g/mol. The second kappa shape index (κ2) is 8.70. The van der Waals surface area contributed by atoms with Crippen molar-refractivity contribution in [3.8, 4) is 6.07 Å². The Balaban J connectivity index is 3.51. The van der Waals surface area contributed by atoms with Crippen molar-refractivity contribution in [2.45, 2.75) is 52.0 Å². The highest BCUT2D eigenvalue weighted by atomic mass is 16.5. The lowest BCUT2D eigenvalue weighted by Gasteiger charge is -2.22. The molecule has 88 valence electrons. The molecule has 1 N–H and O–H groups in total. The molecule has 15 heavy (non-hydrogen) atoms. The Morgan fingerprint density at radius 2 is 2.00 bits per heavy atom. The average Bonchev–Trinajstić information content (AvgIpc) is 2.24. The van der Waals surface area contributed by atoms with Crippen LogP contribution in [0, 0.1) is 11.3 Å². The SMILES string of the molecule is CCCCCCOCC(C)(C#N)NCC. The van der Waals surface area contributed by atoms with E-state index in [0.29, 0.717) is 6.61 Å². The quantitative estimate of drug-likeness (QED) is 0.597. The molecule has 0 saturated heterocycles. The highest BCUT2D eigenvalue weighted by molar-refractivity contribution is 5.03.